The van der Waals surface area contributed by atoms with Gasteiger partial charge in [-0.1, -0.05) is 60.7 Å². The highest BCUT2D eigenvalue weighted by Gasteiger charge is 2.43. The van der Waals surface area contributed by atoms with Gasteiger partial charge in [0.05, 0.1) is 6.21 Å². The van der Waals surface area contributed by atoms with E-state index in [9.17, 15) is 9.90 Å². The van der Waals surface area contributed by atoms with E-state index >= 15 is 0 Å². The Kier molecular flexibility index (Phi) is 3.94. The van der Waals surface area contributed by atoms with Crippen LogP contribution < -0.4 is 5.43 Å². The molecule has 0 heterocycles. The molecular formula is C21H18N2O2. The van der Waals surface area contributed by atoms with Crippen LogP contribution in [0.15, 0.2) is 71.8 Å². The van der Waals surface area contributed by atoms with Gasteiger partial charge in [0.2, 0.25) is 5.91 Å². The summed E-state index contributed by atoms with van der Waals surface area (Å²) in [5, 5.41) is 16.1. The standard InChI is InChI=1S/C21H18N2O2/c24-20-11-10-15-8-4-5-9-16(15)19(20)13-22-23-21(25)18-12-17(18)14-6-2-1-3-7-14/h1-11,13,17-18,24H,12H2,(H,23,25)/b22-13+. The van der Waals surface area contributed by atoms with Crippen LogP contribution in [0.2, 0.25) is 0 Å². The summed E-state index contributed by atoms with van der Waals surface area (Å²) < 4.78 is 0. The van der Waals surface area contributed by atoms with Crippen molar-refractivity contribution in [3.63, 3.8) is 0 Å². The van der Waals surface area contributed by atoms with Gasteiger partial charge in [0.15, 0.2) is 0 Å². The Bertz CT molecular complexity index is 951. The molecule has 1 fully saturated rings. The van der Waals surface area contributed by atoms with Gasteiger partial charge in [0, 0.05) is 11.5 Å². The minimum atomic E-state index is -0.0789. The van der Waals surface area contributed by atoms with Crippen LogP contribution in [0, 0.1) is 5.92 Å². The van der Waals surface area contributed by atoms with Crippen LogP contribution in [0.5, 0.6) is 5.75 Å². The van der Waals surface area contributed by atoms with E-state index in [1.165, 1.54) is 11.8 Å². The second-order valence-electron chi connectivity index (χ2n) is 6.31. The molecule has 3 aromatic rings. The zero-order valence-corrected chi connectivity index (χ0v) is 13.6. The molecule has 0 aromatic heterocycles. The molecular weight excluding hydrogens is 312 g/mol. The number of carbonyl (C=O) groups is 1. The number of hydrazone groups is 1. The van der Waals surface area contributed by atoms with Gasteiger partial charge in [-0.3, -0.25) is 4.79 Å². The van der Waals surface area contributed by atoms with Gasteiger partial charge in [-0.2, -0.15) is 5.10 Å². The summed E-state index contributed by atoms with van der Waals surface area (Å²) in [5.74, 6) is 0.318. The first-order valence-electron chi connectivity index (χ1n) is 8.32. The predicted molar refractivity (Wildman–Crippen MR) is 98.6 cm³/mol. The number of benzene rings is 3. The third kappa shape index (κ3) is 3.11. The number of amides is 1. The van der Waals surface area contributed by atoms with E-state index < -0.39 is 0 Å². The SMILES string of the molecule is O=C(N/N=C/c1c(O)ccc2ccccc12)C1CC1c1ccccc1. The lowest BCUT2D eigenvalue weighted by molar-refractivity contribution is -0.122. The molecule has 0 saturated heterocycles. The first-order chi connectivity index (χ1) is 12.2. The number of aromatic hydroxyl groups is 1. The number of rotatable bonds is 4. The second kappa shape index (κ2) is 6.40. The van der Waals surface area contributed by atoms with Crippen LogP contribution in [-0.4, -0.2) is 17.2 Å². The smallest absolute Gasteiger partial charge is 0.243 e. The highest BCUT2D eigenvalue weighted by molar-refractivity contribution is 6.02. The van der Waals surface area contributed by atoms with E-state index in [4.69, 9.17) is 0 Å². The van der Waals surface area contributed by atoms with Crippen LogP contribution in [0.3, 0.4) is 0 Å². The molecule has 0 aliphatic heterocycles. The van der Waals surface area contributed by atoms with Gasteiger partial charge in [-0.05, 0) is 34.7 Å². The van der Waals surface area contributed by atoms with Gasteiger partial charge in [-0.25, -0.2) is 5.43 Å². The number of fused-ring (bicyclic) bond motifs is 1. The second-order valence-corrected chi connectivity index (χ2v) is 6.31. The van der Waals surface area contributed by atoms with Crippen LogP contribution in [-0.2, 0) is 4.79 Å². The van der Waals surface area contributed by atoms with Crippen molar-refractivity contribution in [2.45, 2.75) is 12.3 Å². The number of hydrogen-bond acceptors (Lipinski definition) is 3. The number of hydrogen-bond donors (Lipinski definition) is 2. The zero-order chi connectivity index (χ0) is 17.2. The monoisotopic (exact) mass is 330 g/mol. The first kappa shape index (κ1) is 15.4. The van der Waals surface area contributed by atoms with Crippen molar-refractivity contribution in [3.8, 4) is 5.75 Å². The predicted octanol–water partition coefficient (Wildman–Crippen LogP) is 3.80. The average Bonchev–Trinajstić information content (AvgIpc) is 3.45. The van der Waals surface area contributed by atoms with Crippen LogP contribution >= 0.6 is 0 Å². The Morgan fingerprint density at radius 1 is 1.04 bits per heavy atom. The summed E-state index contributed by atoms with van der Waals surface area (Å²) >= 11 is 0. The molecule has 4 nitrogen and oxygen atoms in total. The van der Waals surface area contributed by atoms with E-state index in [-0.39, 0.29) is 23.5 Å². The van der Waals surface area contributed by atoms with Crippen molar-refractivity contribution in [3.05, 3.63) is 77.9 Å². The number of phenols is 1. The average molecular weight is 330 g/mol. The number of nitrogens with one attached hydrogen (secondary N) is 1. The molecule has 1 aliphatic carbocycles. The van der Waals surface area contributed by atoms with Crippen molar-refractivity contribution < 1.29 is 9.90 Å². The van der Waals surface area contributed by atoms with Crippen LogP contribution in [0.1, 0.15) is 23.5 Å². The summed E-state index contributed by atoms with van der Waals surface area (Å²) in [6.07, 6.45) is 2.36. The summed E-state index contributed by atoms with van der Waals surface area (Å²) in [5.41, 5.74) is 4.40. The molecule has 3 aromatic carbocycles. The van der Waals surface area contributed by atoms with E-state index in [0.29, 0.717) is 5.56 Å². The molecule has 25 heavy (non-hydrogen) atoms. The molecule has 1 aliphatic rings. The van der Waals surface area contributed by atoms with Gasteiger partial charge in [0.1, 0.15) is 5.75 Å². The minimum absolute atomic E-state index is 0.0272. The van der Waals surface area contributed by atoms with Crippen molar-refractivity contribution in [2.75, 3.05) is 0 Å². The maximum Gasteiger partial charge on any atom is 0.243 e. The number of phenolic OH excluding ortho intramolecular Hbond substituents is 1. The van der Waals surface area contributed by atoms with Crippen molar-refractivity contribution in [2.24, 2.45) is 11.0 Å². The van der Waals surface area contributed by atoms with Gasteiger partial charge >= 0.3 is 0 Å². The topological polar surface area (TPSA) is 61.7 Å². The molecule has 4 heteroatoms. The molecule has 0 bridgehead atoms. The Hall–Kier alpha value is -3.14. The molecule has 2 atom stereocenters. The lowest BCUT2D eigenvalue weighted by Gasteiger charge is -2.05. The lowest BCUT2D eigenvalue weighted by Crippen LogP contribution is -2.20. The van der Waals surface area contributed by atoms with Gasteiger partial charge < -0.3 is 5.11 Å². The Labute approximate surface area is 145 Å². The number of nitrogens with zero attached hydrogens (tertiary/aromatic N) is 1. The van der Waals surface area contributed by atoms with Crippen molar-refractivity contribution in [1.29, 1.82) is 0 Å². The van der Waals surface area contributed by atoms with E-state index in [1.54, 1.807) is 6.07 Å². The zero-order valence-electron chi connectivity index (χ0n) is 13.6. The van der Waals surface area contributed by atoms with E-state index in [1.807, 2.05) is 48.5 Å². The highest BCUT2D eigenvalue weighted by atomic mass is 16.3. The Morgan fingerprint density at radius 3 is 2.64 bits per heavy atom. The quantitative estimate of drug-likeness (QED) is 0.564. The first-order valence-corrected chi connectivity index (χ1v) is 8.32. The fourth-order valence-corrected chi connectivity index (χ4v) is 3.22. The maximum atomic E-state index is 12.2. The molecule has 1 saturated carbocycles. The van der Waals surface area contributed by atoms with Crippen LogP contribution in [0.4, 0.5) is 0 Å². The summed E-state index contributed by atoms with van der Waals surface area (Å²) in [7, 11) is 0. The van der Waals surface area contributed by atoms with Gasteiger partial charge in [0.25, 0.3) is 0 Å². The van der Waals surface area contributed by atoms with E-state index in [2.05, 4.69) is 22.7 Å². The molecule has 0 spiro atoms. The largest absolute Gasteiger partial charge is 0.507 e. The lowest BCUT2D eigenvalue weighted by atomic mass is 10.0. The van der Waals surface area contributed by atoms with Crippen molar-refractivity contribution in [1.82, 2.24) is 5.43 Å². The summed E-state index contributed by atoms with van der Waals surface area (Å²) in [6.45, 7) is 0. The third-order valence-electron chi connectivity index (χ3n) is 4.67. The highest BCUT2D eigenvalue weighted by Crippen LogP contribution is 2.47. The molecule has 2 unspecified atom stereocenters. The molecule has 0 radical (unpaired) electrons. The third-order valence-corrected chi connectivity index (χ3v) is 4.67. The molecule has 4 rings (SSSR count). The minimum Gasteiger partial charge on any atom is -0.507 e. The summed E-state index contributed by atoms with van der Waals surface area (Å²) in [4.78, 5) is 12.2. The van der Waals surface area contributed by atoms with Crippen LogP contribution in [0.25, 0.3) is 10.8 Å². The van der Waals surface area contributed by atoms with Crippen molar-refractivity contribution >= 4 is 22.9 Å². The molecule has 1 amide bonds. The summed E-state index contributed by atoms with van der Waals surface area (Å²) in [6, 6.07) is 21.3. The van der Waals surface area contributed by atoms with Gasteiger partial charge in [-0.15, -0.1) is 0 Å². The Balaban J connectivity index is 1.46. The maximum absolute atomic E-state index is 12.2. The fourth-order valence-electron chi connectivity index (χ4n) is 3.22. The molecule has 124 valence electrons. The van der Waals surface area contributed by atoms with E-state index in [0.717, 1.165) is 17.2 Å². The molecule has 2 N–H and O–H groups in total. The Morgan fingerprint density at radius 2 is 1.80 bits per heavy atom. The number of carbonyl (C=O) groups excluding carboxylic acids is 1. The normalized spacial score (nSPS) is 19.2. The fraction of sp³-hybridized carbons (Fsp3) is 0.143.